The molecule has 8 nitrogen and oxygen atoms in total. The molecule has 0 N–H and O–H groups in total. The van der Waals surface area contributed by atoms with Gasteiger partial charge in [-0.2, -0.15) is 5.10 Å². The van der Waals surface area contributed by atoms with Crippen LogP contribution < -0.4 is 4.90 Å². The van der Waals surface area contributed by atoms with Crippen molar-refractivity contribution in [2.24, 2.45) is 7.05 Å². The van der Waals surface area contributed by atoms with Gasteiger partial charge in [0.15, 0.2) is 11.5 Å². The molecule has 0 atom stereocenters. The van der Waals surface area contributed by atoms with Crippen molar-refractivity contribution in [3.05, 3.63) is 65.9 Å². The number of hydrogen-bond donors (Lipinski definition) is 0. The summed E-state index contributed by atoms with van der Waals surface area (Å²) in [4.78, 5) is 30.7. The summed E-state index contributed by atoms with van der Waals surface area (Å²) < 4.78 is 16.3. The second kappa shape index (κ2) is 5.31. The van der Waals surface area contributed by atoms with Crippen molar-refractivity contribution in [2.45, 2.75) is 0 Å². The number of amides is 2. The van der Waals surface area contributed by atoms with Gasteiger partial charge >= 0.3 is 0 Å². The highest BCUT2D eigenvalue weighted by Crippen LogP contribution is 2.29. The minimum absolute atomic E-state index is 0.252. The molecule has 1 aliphatic heterocycles. The number of pyridine rings is 1. The van der Waals surface area contributed by atoms with Crippen molar-refractivity contribution < 1.29 is 14.0 Å². The Kier molecular flexibility index (Phi) is 3.02. The zero-order chi connectivity index (χ0) is 18.7. The third-order valence-electron chi connectivity index (χ3n) is 4.44. The molecule has 0 saturated carbocycles. The molecule has 5 rings (SSSR count). The van der Waals surface area contributed by atoms with Gasteiger partial charge in [-0.05, 0) is 18.2 Å². The molecule has 0 fully saturated rings. The number of rotatable bonds is 2. The summed E-state index contributed by atoms with van der Waals surface area (Å²) in [5.74, 6) is -0.911. The Hall–Kier alpha value is -3.88. The van der Waals surface area contributed by atoms with Crippen molar-refractivity contribution in [3.8, 4) is 11.4 Å². The molecule has 132 valence electrons. The van der Waals surface area contributed by atoms with E-state index in [9.17, 15) is 14.0 Å². The summed E-state index contributed by atoms with van der Waals surface area (Å²) in [6.07, 6.45) is 2.98. The smallest absolute Gasteiger partial charge is 0.268 e. The normalized spacial score (nSPS) is 13.6. The number of nitrogens with zero attached hydrogens (tertiary/aromatic N) is 6. The van der Waals surface area contributed by atoms with Gasteiger partial charge in [-0.25, -0.2) is 18.8 Å². The molecule has 9 heteroatoms. The van der Waals surface area contributed by atoms with E-state index in [1.54, 1.807) is 37.5 Å². The van der Waals surface area contributed by atoms with Crippen LogP contribution in [-0.4, -0.2) is 36.2 Å². The average molecular weight is 362 g/mol. The Morgan fingerprint density at radius 1 is 1.07 bits per heavy atom. The molecule has 3 aromatic heterocycles. The van der Waals surface area contributed by atoms with Gasteiger partial charge in [-0.1, -0.05) is 12.1 Å². The predicted octanol–water partition coefficient (Wildman–Crippen LogP) is 2.07. The van der Waals surface area contributed by atoms with E-state index < -0.39 is 11.8 Å². The second-order valence-corrected chi connectivity index (χ2v) is 6.11. The van der Waals surface area contributed by atoms with Gasteiger partial charge in [0.25, 0.3) is 11.8 Å². The Morgan fingerprint density at radius 3 is 2.70 bits per heavy atom. The molecule has 0 aliphatic carbocycles. The molecular weight excluding hydrogens is 351 g/mol. The molecule has 0 radical (unpaired) electrons. The number of carbonyl (C=O) groups excluding carboxylic acids is 2. The van der Waals surface area contributed by atoms with E-state index in [2.05, 4.69) is 15.2 Å². The van der Waals surface area contributed by atoms with Crippen LogP contribution in [0.15, 0.2) is 48.8 Å². The number of benzene rings is 1. The summed E-state index contributed by atoms with van der Waals surface area (Å²) in [7, 11) is 1.61. The number of halogens is 1. The third-order valence-corrected chi connectivity index (χ3v) is 4.44. The largest absolute Gasteiger partial charge is 0.284 e. The summed E-state index contributed by atoms with van der Waals surface area (Å²) in [6, 6.07) is 9.16. The molecule has 0 bridgehead atoms. The van der Waals surface area contributed by atoms with Crippen molar-refractivity contribution in [1.82, 2.24) is 24.4 Å². The number of anilines is 1. The standard InChI is InChI=1S/C18H11FN6O2/c1-23-15-13(9-20-23)17(26)25(18(15)27)12-5-6-24-14(8-12)21-16(22-24)10-3-2-4-11(19)7-10/h2-9H,1H3. The molecule has 4 heterocycles. The van der Waals surface area contributed by atoms with Gasteiger partial charge in [-0.15, -0.1) is 5.10 Å². The maximum atomic E-state index is 13.4. The Balaban J connectivity index is 1.58. The van der Waals surface area contributed by atoms with Gasteiger partial charge in [0.05, 0.1) is 17.4 Å². The van der Waals surface area contributed by atoms with Crippen LogP contribution >= 0.6 is 0 Å². The summed E-state index contributed by atoms with van der Waals surface area (Å²) in [5.41, 5.74) is 1.87. The monoisotopic (exact) mass is 362 g/mol. The first-order valence-corrected chi connectivity index (χ1v) is 8.06. The minimum atomic E-state index is -0.441. The maximum Gasteiger partial charge on any atom is 0.284 e. The van der Waals surface area contributed by atoms with Crippen LogP contribution in [0, 0.1) is 5.82 Å². The lowest BCUT2D eigenvalue weighted by atomic mass is 10.2. The number of hydrogen-bond acceptors (Lipinski definition) is 5. The van der Waals surface area contributed by atoms with Crippen LogP contribution in [0.1, 0.15) is 20.8 Å². The van der Waals surface area contributed by atoms with Gasteiger partial charge < -0.3 is 0 Å². The van der Waals surface area contributed by atoms with E-state index in [4.69, 9.17) is 0 Å². The summed E-state index contributed by atoms with van der Waals surface area (Å²) in [5, 5.41) is 8.26. The van der Waals surface area contributed by atoms with E-state index in [1.165, 1.54) is 27.5 Å². The quantitative estimate of drug-likeness (QED) is 0.510. The number of aryl methyl sites for hydroxylation is 1. The highest BCUT2D eigenvalue weighted by molar-refractivity contribution is 6.33. The number of imide groups is 1. The van der Waals surface area contributed by atoms with Crippen LogP contribution in [0.5, 0.6) is 0 Å². The fourth-order valence-electron chi connectivity index (χ4n) is 3.16. The number of fused-ring (bicyclic) bond motifs is 2. The fourth-order valence-corrected chi connectivity index (χ4v) is 3.16. The number of carbonyl (C=O) groups is 2. The summed E-state index contributed by atoms with van der Waals surface area (Å²) in [6.45, 7) is 0. The maximum absolute atomic E-state index is 13.4. The van der Waals surface area contributed by atoms with Gasteiger partial charge in [-0.3, -0.25) is 14.3 Å². The molecule has 0 saturated heterocycles. The average Bonchev–Trinajstić information content (AvgIpc) is 3.30. The highest BCUT2D eigenvalue weighted by Gasteiger charge is 2.40. The SMILES string of the molecule is Cn1ncc2c1C(=O)N(c1ccn3nc(-c4cccc(F)c4)nc3c1)C2=O. The molecule has 0 spiro atoms. The molecule has 27 heavy (non-hydrogen) atoms. The van der Waals surface area contributed by atoms with E-state index in [1.807, 2.05) is 0 Å². The third kappa shape index (κ3) is 2.18. The van der Waals surface area contributed by atoms with Crippen LogP contribution in [0.2, 0.25) is 0 Å². The molecule has 2 amide bonds. The van der Waals surface area contributed by atoms with Crippen LogP contribution in [-0.2, 0) is 7.05 Å². The van der Waals surface area contributed by atoms with Gasteiger partial charge in [0.2, 0.25) is 0 Å². The zero-order valence-corrected chi connectivity index (χ0v) is 14.0. The summed E-state index contributed by atoms with van der Waals surface area (Å²) >= 11 is 0. The number of aromatic nitrogens is 5. The lowest BCUT2D eigenvalue weighted by Crippen LogP contribution is -2.30. The van der Waals surface area contributed by atoms with Crippen molar-refractivity contribution in [3.63, 3.8) is 0 Å². The van der Waals surface area contributed by atoms with Gasteiger partial charge in [0.1, 0.15) is 11.5 Å². The fraction of sp³-hybridized carbons (Fsp3) is 0.0556. The topological polar surface area (TPSA) is 85.4 Å². The van der Waals surface area contributed by atoms with Crippen molar-refractivity contribution >= 4 is 23.1 Å². The van der Waals surface area contributed by atoms with E-state index in [0.717, 1.165) is 4.90 Å². The molecular formula is C18H11FN6O2. The van der Waals surface area contributed by atoms with E-state index in [-0.39, 0.29) is 17.1 Å². The van der Waals surface area contributed by atoms with Crippen molar-refractivity contribution in [2.75, 3.05) is 4.90 Å². The van der Waals surface area contributed by atoms with E-state index in [0.29, 0.717) is 22.7 Å². The van der Waals surface area contributed by atoms with Crippen LogP contribution in [0.3, 0.4) is 0 Å². The molecule has 0 unspecified atom stereocenters. The lowest BCUT2D eigenvalue weighted by molar-refractivity contribution is 0.0921. The first-order valence-electron chi connectivity index (χ1n) is 8.06. The van der Waals surface area contributed by atoms with Gasteiger partial charge in [0, 0.05) is 24.9 Å². The molecule has 4 aromatic rings. The second-order valence-electron chi connectivity index (χ2n) is 6.11. The zero-order valence-electron chi connectivity index (χ0n) is 14.0. The van der Waals surface area contributed by atoms with Crippen LogP contribution in [0.25, 0.3) is 17.0 Å². The predicted molar refractivity (Wildman–Crippen MR) is 92.7 cm³/mol. The highest BCUT2D eigenvalue weighted by atomic mass is 19.1. The Morgan fingerprint density at radius 2 is 1.93 bits per heavy atom. The minimum Gasteiger partial charge on any atom is -0.268 e. The Labute approximate surface area is 151 Å². The molecule has 1 aliphatic rings. The first kappa shape index (κ1) is 15.4. The molecule has 1 aromatic carbocycles. The Bertz CT molecular complexity index is 1260. The van der Waals surface area contributed by atoms with Crippen LogP contribution in [0.4, 0.5) is 10.1 Å². The lowest BCUT2D eigenvalue weighted by Gasteiger charge is -2.14. The first-order chi connectivity index (χ1) is 13.0. The van der Waals surface area contributed by atoms with Crippen molar-refractivity contribution in [1.29, 1.82) is 0 Å². The van der Waals surface area contributed by atoms with E-state index >= 15 is 0 Å².